The molecular weight excluding hydrogens is 682 g/mol. The Morgan fingerprint density at radius 2 is 0.981 bits per heavy atom. The smallest absolute Gasteiger partial charge is 0.361 e. The van der Waals surface area contributed by atoms with Crippen molar-refractivity contribution in [1.29, 1.82) is 0 Å². The number of carboxylic acids is 1. The lowest BCUT2D eigenvalue weighted by atomic mass is 10.1. The molecule has 0 heterocycles. The minimum atomic E-state index is -1.51. The molecular formula is C45H84NO8+. The molecule has 316 valence electrons. The standard InChI is InChI=1S/C45H83NO8/c1-6-8-10-12-14-16-18-19-20-21-22-23-24-25-26-28-30-32-34-36-43(48)54-41(40-53-45(44(49)50)51-38-37-46(3,4)5)39-52-42(47)35-33-31-29-27-17-15-13-11-9-7-2/h11,13,19-20,41,45H,6-10,12,14-18,21-40H2,1-5H3/p+1/b13-11-,20-19-. The minimum absolute atomic E-state index is 0.185. The van der Waals surface area contributed by atoms with Crippen LogP contribution in [-0.2, 0) is 33.3 Å². The van der Waals surface area contributed by atoms with Gasteiger partial charge in [0.2, 0.25) is 0 Å². The van der Waals surface area contributed by atoms with E-state index in [4.69, 9.17) is 18.9 Å². The Morgan fingerprint density at radius 3 is 1.44 bits per heavy atom. The second-order valence-electron chi connectivity index (χ2n) is 16.0. The Labute approximate surface area is 331 Å². The van der Waals surface area contributed by atoms with E-state index in [1.54, 1.807) is 0 Å². The summed E-state index contributed by atoms with van der Waals surface area (Å²) in [7, 11) is 5.95. The van der Waals surface area contributed by atoms with Gasteiger partial charge in [-0.1, -0.05) is 141 Å². The largest absolute Gasteiger partial charge is 0.477 e. The van der Waals surface area contributed by atoms with Crippen molar-refractivity contribution >= 4 is 17.9 Å². The summed E-state index contributed by atoms with van der Waals surface area (Å²) >= 11 is 0. The second kappa shape index (κ2) is 37.7. The molecule has 2 atom stereocenters. The van der Waals surface area contributed by atoms with Crippen LogP contribution in [0.2, 0.25) is 0 Å². The molecule has 2 unspecified atom stereocenters. The Hall–Kier alpha value is -2.23. The molecule has 0 bridgehead atoms. The van der Waals surface area contributed by atoms with Gasteiger partial charge in [-0.25, -0.2) is 4.79 Å². The molecule has 0 aromatic carbocycles. The maximum absolute atomic E-state index is 12.7. The molecule has 1 N–H and O–H groups in total. The SMILES string of the molecule is CCC/C=C\CCCCCCCC(=O)OCC(COC(OCC[N+](C)(C)C)C(=O)O)OC(=O)CCCCCCCCCCC/C=C\CCCCCCCC. The van der Waals surface area contributed by atoms with Crippen LogP contribution >= 0.6 is 0 Å². The van der Waals surface area contributed by atoms with E-state index in [-0.39, 0.29) is 32.2 Å². The fourth-order valence-corrected chi connectivity index (χ4v) is 5.95. The van der Waals surface area contributed by atoms with E-state index in [1.807, 2.05) is 21.1 Å². The van der Waals surface area contributed by atoms with Gasteiger partial charge in [0.05, 0.1) is 34.4 Å². The van der Waals surface area contributed by atoms with Gasteiger partial charge >= 0.3 is 17.9 Å². The molecule has 54 heavy (non-hydrogen) atoms. The number of carbonyl (C=O) groups is 3. The average Bonchev–Trinajstić information content (AvgIpc) is 3.12. The third kappa shape index (κ3) is 38.1. The van der Waals surface area contributed by atoms with Crippen molar-refractivity contribution < 1.29 is 42.9 Å². The van der Waals surface area contributed by atoms with Crippen molar-refractivity contribution in [2.75, 3.05) is 47.5 Å². The molecule has 0 aliphatic carbocycles. The van der Waals surface area contributed by atoms with Crippen LogP contribution in [0.3, 0.4) is 0 Å². The molecule has 9 heteroatoms. The van der Waals surface area contributed by atoms with Crippen LogP contribution in [0.5, 0.6) is 0 Å². The summed E-state index contributed by atoms with van der Waals surface area (Å²) in [6, 6.07) is 0. The van der Waals surface area contributed by atoms with E-state index in [1.165, 1.54) is 96.3 Å². The summed E-state index contributed by atoms with van der Waals surface area (Å²) in [5.74, 6) is -2.02. The number of nitrogens with zero attached hydrogens (tertiary/aromatic N) is 1. The Bertz CT molecular complexity index is 944. The van der Waals surface area contributed by atoms with E-state index in [0.29, 0.717) is 17.4 Å². The van der Waals surface area contributed by atoms with Crippen molar-refractivity contribution in [3.05, 3.63) is 24.3 Å². The zero-order valence-corrected chi connectivity index (χ0v) is 35.6. The molecule has 9 nitrogen and oxygen atoms in total. The molecule has 0 aromatic heterocycles. The van der Waals surface area contributed by atoms with Gasteiger partial charge in [-0.2, -0.15) is 0 Å². The first kappa shape index (κ1) is 51.8. The summed E-state index contributed by atoms with van der Waals surface area (Å²) in [4.78, 5) is 37.0. The van der Waals surface area contributed by atoms with Crippen LogP contribution in [0, 0.1) is 0 Å². The van der Waals surface area contributed by atoms with Crippen LogP contribution in [0.25, 0.3) is 0 Å². The lowest BCUT2D eigenvalue weighted by Crippen LogP contribution is -2.40. The Morgan fingerprint density at radius 1 is 0.537 bits per heavy atom. The molecule has 0 saturated carbocycles. The summed E-state index contributed by atoms with van der Waals surface area (Å²) < 4.78 is 22.7. The summed E-state index contributed by atoms with van der Waals surface area (Å²) in [6.45, 7) is 4.79. The molecule has 0 amide bonds. The van der Waals surface area contributed by atoms with Gasteiger partial charge in [0.1, 0.15) is 13.2 Å². The minimum Gasteiger partial charge on any atom is -0.477 e. The number of aliphatic carboxylic acids is 1. The molecule has 0 fully saturated rings. The first-order valence-electron chi connectivity index (χ1n) is 22.0. The van der Waals surface area contributed by atoms with Gasteiger partial charge in [-0.3, -0.25) is 9.59 Å². The number of rotatable bonds is 40. The molecule has 0 radical (unpaired) electrons. The van der Waals surface area contributed by atoms with Crippen LogP contribution < -0.4 is 0 Å². The third-order valence-corrected chi connectivity index (χ3v) is 9.41. The first-order valence-corrected chi connectivity index (χ1v) is 22.0. The van der Waals surface area contributed by atoms with E-state index in [9.17, 15) is 19.5 Å². The monoisotopic (exact) mass is 767 g/mol. The lowest BCUT2D eigenvalue weighted by molar-refractivity contribution is -0.870. The highest BCUT2D eigenvalue weighted by Crippen LogP contribution is 2.14. The average molecular weight is 767 g/mol. The topological polar surface area (TPSA) is 108 Å². The van der Waals surface area contributed by atoms with Crippen molar-refractivity contribution in [1.82, 2.24) is 0 Å². The van der Waals surface area contributed by atoms with Crippen molar-refractivity contribution in [3.8, 4) is 0 Å². The van der Waals surface area contributed by atoms with Crippen LogP contribution in [0.4, 0.5) is 0 Å². The van der Waals surface area contributed by atoms with Crippen molar-refractivity contribution in [2.24, 2.45) is 0 Å². The van der Waals surface area contributed by atoms with Crippen LogP contribution in [0.15, 0.2) is 24.3 Å². The fourth-order valence-electron chi connectivity index (χ4n) is 5.95. The first-order chi connectivity index (χ1) is 26.1. The van der Waals surface area contributed by atoms with Gasteiger partial charge in [0.15, 0.2) is 6.10 Å². The zero-order chi connectivity index (χ0) is 40.0. The normalized spacial score (nSPS) is 13.1. The molecule has 0 aromatic rings. The van der Waals surface area contributed by atoms with E-state index in [0.717, 1.165) is 64.2 Å². The zero-order valence-electron chi connectivity index (χ0n) is 35.6. The van der Waals surface area contributed by atoms with Gasteiger partial charge < -0.3 is 28.5 Å². The predicted molar refractivity (Wildman–Crippen MR) is 221 cm³/mol. The number of hydrogen-bond donors (Lipinski definition) is 1. The van der Waals surface area contributed by atoms with Crippen molar-refractivity contribution in [2.45, 2.75) is 200 Å². The molecule has 0 rings (SSSR count). The highest BCUT2D eigenvalue weighted by Gasteiger charge is 2.25. The van der Waals surface area contributed by atoms with Crippen LogP contribution in [0.1, 0.15) is 187 Å². The van der Waals surface area contributed by atoms with Gasteiger partial charge in [-0.15, -0.1) is 0 Å². The van der Waals surface area contributed by atoms with Gasteiger partial charge in [0.25, 0.3) is 6.29 Å². The van der Waals surface area contributed by atoms with E-state index < -0.39 is 24.3 Å². The number of quaternary nitrogens is 1. The maximum atomic E-state index is 12.7. The number of carboxylic acid groups (broad SMARTS) is 1. The summed E-state index contributed by atoms with van der Waals surface area (Å²) in [6.07, 6.45) is 36.7. The summed E-state index contributed by atoms with van der Waals surface area (Å²) in [5, 5.41) is 9.61. The van der Waals surface area contributed by atoms with E-state index >= 15 is 0 Å². The number of unbranched alkanes of at least 4 members (excludes halogenated alkanes) is 21. The maximum Gasteiger partial charge on any atom is 0.361 e. The second-order valence-corrected chi connectivity index (χ2v) is 16.0. The number of carbonyl (C=O) groups excluding carboxylic acids is 2. The predicted octanol–water partition coefficient (Wildman–Crippen LogP) is 11.3. The molecule has 0 saturated heterocycles. The van der Waals surface area contributed by atoms with Gasteiger partial charge in [0, 0.05) is 12.8 Å². The number of likely N-dealkylation sites (N-methyl/N-ethyl adjacent to an activating group) is 1. The molecule has 0 spiro atoms. The highest BCUT2D eigenvalue weighted by atomic mass is 16.7. The number of allylic oxidation sites excluding steroid dienone is 4. The Kier molecular flexibility index (Phi) is 36.1. The fraction of sp³-hybridized carbons (Fsp3) is 0.844. The number of esters is 2. The Balaban J connectivity index is 4.39. The highest BCUT2D eigenvalue weighted by molar-refractivity contribution is 5.71. The van der Waals surface area contributed by atoms with Crippen molar-refractivity contribution in [3.63, 3.8) is 0 Å². The van der Waals surface area contributed by atoms with Gasteiger partial charge in [-0.05, 0) is 57.8 Å². The van der Waals surface area contributed by atoms with E-state index in [2.05, 4.69) is 38.2 Å². The molecule has 0 aliphatic heterocycles. The van der Waals surface area contributed by atoms with Crippen LogP contribution in [-0.4, -0.2) is 87.4 Å². The molecule has 0 aliphatic rings. The number of hydrogen-bond acceptors (Lipinski definition) is 7. The summed E-state index contributed by atoms with van der Waals surface area (Å²) in [5.41, 5.74) is 0. The quantitative estimate of drug-likeness (QED) is 0.0216. The third-order valence-electron chi connectivity index (χ3n) is 9.41. The number of ether oxygens (including phenoxy) is 4. The lowest BCUT2D eigenvalue weighted by Gasteiger charge is -2.25.